The van der Waals surface area contributed by atoms with Crippen LogP contribution in [0.1, 0.15) is 49.4 Å². The Morgan fingerprint density at radius 1 is 1.16 bits per heavy atom. The highest BCUT2D eigenvalue weighted by atomic mass is 19.1. The van der Waals surface area contributed by atoms with Crippen LogP contribution < -0.4 is 10.2 Å². The lowest BCUT2D eigenvalue weighted by molar-refractivity contribution is 0.239. The minimum absolute atomic E-state index is 0.0246. The summed E-state index contributed by atoms with van der Waals surface area (Å²) in [6.45, 7) is 1.29. The lowest BCUT2D eigenvalue weighted by atomic mass is 10.0. The summed E-state index contributed by atoms with van der Waals surface area (Å²) in [4.78, 5) is 19.5. The Labute approximate surface area is 183 Å². The first kappa shape index (κ1) is 19.4. The number of nitrogens with zero attached hydrogens (tertiary/aromatic N) is 6. The number of piperidine rings is 1. The molecule has 9 nitrogen and oxygen atoms in total. The van der Waals surface area contributed by atoms with Gasteiger partial charge in [0, 0.05) is 18.2 Å². The molecule has 1 saturated heterocycles. The van der Waals surface area contributed by atoms with E-state index in [0.29, 0.717) is 35.7 Å². The Kier molecular flexibility index (Phi) is 4.67. The van der Waals surface area contributed by atoms with Crippen molar-refractivity contribution >= 4 is 28.6 Å². The normalized spacial score (nSPS) is 19.2. The molecule has 4 aromatic rings. The second-order valence-electron chi connectivity index (χ2n) is 8.68. The van der Waals surface area contributed by atoms with Gasteiger partial charge in [0.1, 0.15) is 11.6 Å². The van der Waals surface area contributed by atoms with E-state index in [1.165, 1.54) is 12.1 Å². The monoisotopic (exact) mass is 436 g/mol. The maximum atomic E-state index is 13.5. The highest BCUT2D eigenvalue weighted by molar-refractivity contribution is 5.75. The minimum Gasteiger partial charge on any atom is -0.394 e. The largest absolute Gasteiger partial charge is 0.394 e. The molecule has 32 heavy (non-hydrogen) atoms. The molecule has 0 radical (unpaired) electrons. The Hall–Kier alpha value is -3.27. The van der Waals surface area contributed by atoms with Gasteiger partial charge in [-0.3, -0.25) is 0 Å². The molecule has 1 atom stereocenters. The van der Waals surface area contributed by atoms with Crippen LogP contribution in [0.2, 0.25) is 0 Å². The number of H-pyrrole nitrogens is 1. The Bertz CT molecular complexity index is 1280. The lowest BCUT2D eigenvalue weighted by Crippen LogP contribution is -2.43. The van der Waals surface area contributed by atoms with E-state index in [9.17, 15) is 9.50 Å². The number of aromatic amines is 1. The number of imidazole rings is 1. The van der Waals surface area contributed by atoms with E-state index in [1.54, 1.807) is 10.6 Å². The molecular formula is C22H25FN8O. The zero-order valence-corrected chi connectivity index (χ0v) is 17.6. The van der Waals surface area contributed by atoms with Crippen LogP contribution in [0.15, 0.2) is 24.4 Å². The van der Waals surface area contributed by atoms with Gasteiger partial charge in [-0.25, -0.2) is 9.37 Å². The zero-order chi connectivity index (χ0) is 21.7. The van der Waals surface area contributed by atoms with Gasteiger partial charge in [0.25, 0.3) is 0 Å². The van der Waals surface area contributed by atoms with E-state index >= 15 is 0 Å². The molecule has 0 bridgehead atoms. The summed E-state index contributed by atoms with van der Waals surface area (Å²) in [7, 11) is 0. The summed E-state index contributed by atoms with van der Waals surface area (Å²) in [5, 5.41) is 17.8. The van der Waals surface area contributed by atoms with Crippen LogP contribution in [0, 0.1) is 5.82 Å². The second kappa shape index (κ2) is 7.70. The Morgan fingerprint density at radius 2 is 2.06 bits per heavy atom. The van der Waals surface area contributed by atoms with Crippen LogP contribution in [-0.4, -0.2) is 53.9 Å². The van der Waals surface area contributed by atoms with Gasteiger partial charge >= 0.3 is 0 Å². The molecule has 2 fully saturated rings. The summed E-state index contributed by atoms with van der Waals surface area (Å²) in [5.74, 6) is 2.07. The summed E-state index contributed by atoms with van der Waals surface area (Å²) >= 11 is 0. The highest BCUT2D eigenvalue weighted by Crippen LogP contribution is 2.42. The van der Waals surface area contributed by atoms with E-state index in [0.717, 1.165) is 55.4 Å². The number of hydrogen-bond acceptors (Lipinski definition) is 7. The van der Waals surface area contributed by atoms with E-state index < -0.39 is 0 Å². The van der Waals surface area contributed by atoms with E-state index in [4.69, 9.17) is 9.97 Å². The number of nitrogens with one attached hydrogen (secondary N) is 2. The number of anilines is 2. The van der Waals surface area contributed by atoms with Gasteiger partial charge in [-0.1, -0.05) is 0 Å². The minimum atomic E-state index is -0.310. The molecule has 3 N–H and O–H groups in total. The summed E-state index contributed by atoms with van der Waals surface area (Å²) in [6.07, 6.45) is 7.28. The van der Waals surface area contributed by atoms with Gasteiger partial charge in [-0.15, -0.1) is 0 Å². The van der Waals surface area contributed by atoms with Gasteiger partial charge in [-0.2, -0.15) is 19.6 Å². The topological polar surface area (TPSA) is 107 Å². The summed E-state index contributed by atoms with van der Waals surface area (Å²) in [6, 6.07) is 4.54. The molecule has 1 saturated carbocycles. The standard InChI is InChI=1S/C22H25FN8O/c23-14-6-7-17-18(9-14)27-19(26-17)11-24-21-29-22(30-8-2-1-3-15(30)12-32)28-20-16(13-4-5-13)10-25-31(20)21/h6-7,9-10,13,15,32H,1-5,8,11-12H2,(H,26,27)(H,24,28,29)/t15-/m0/s1. The molecule has 0 amide bonds. The third-order valence-corrected chi connectivity index (χ3v) is 6.40. The van der Waals surface area contributed by atoms with Crippen molar-refractivity contribution in [2.24, 2.45) is 0 Å². The van der Waals surface area contributed by atoms with Crippen LogP contribution in [0.4, 0.5) is 16.3 Å². The maximum Gasteiger partial charge on any atom is 0.231 e. The van der Waals surface area contributed by atoms with Crippen LogP contribution in [0.5, 0.6) is 0 Å². The van der Waals surface area contributed by atoms with Gasteiger partial charge in [0.15, 0.2) is 5.65 Å². The molecule has 1 aliphatic heterocycles. The predicted molar refractivity (Wildman–Crippen MR) is 118 cm³/mol. The van der Waals surface area contributed by atoms with Crippen LogP contribution in [0.25, 0.3) is 16.7 Å². The molecule has 1 aliphatic carbocycles. The fourth-order valence-corrected chi connectivity index (χ4v) is 4.54. The van der Waals surface area contributed by atoms with Crippen molar-refractivity contribution in [3.8, 4) is 0 Å². The number of hydrogen-bond donors (Lipinski definition) is 3. The van der Waals surface area contributed by atoms with Crippen LogP contribution in [-0.2, 0) is 6.54 Å². The number of halogens is 1. The van der Waals surface area contributed by atoms with E-state index in [1.807, 2.05) is 6.20 Å². The smallest absolute Gasteiger partial charge is 0.231 e. The van der Waals surface area contributed by atoms with Gasteiger partial charge < -0.3 is 20.3 Å². The molecule has 166 valence electrons. The molecule has 1 aromatic carbocycles. The third-order valence-electron chi connectivity index (χ3n) is 6.40. The average Bonchev–Trinajstić information content (AvgIpc) is 3.43. The van der Waals surface area contributed by atoms with Crippen molar-refractivity contribution in [1.29, 1.82) is 0 Å². The van der Waals surface area contributed by atoms with Crippen molar-refractivity contribution in [2.45, 2.75) is 50.6 Å². The molecule has 3 aromatic heterocycles. The van der Waals surface area contributed by atoms with Crippen molar-refractivity contribution in [3.05, 3.63) is 41.6 Å². The van der Waals surface area contributed by atoms with Crippen molar-refractivity contribution in [1.82, 2.24) is 29.5 Å². The number of fused-ring (bicyclic) bond motifs is 2. The van der Waals surface area contributed by atoms with Crippen LogP contribution in [0.3, 0.4) is 0 Å². The molecule has 6 rings (SSSR count). The third kappa shape index (κ3) is 3.44. The first-order valence-corrected chi connectivity index (χ1v) is 11.2. The number of aliphatic hydroxyl groups is 1. The SMILES string of the molecule is OC[C@@H]1CCCCN1c1nc(NCc2nc3cc(F)ccc3[nH]2)n2ncc(C3CC3)c2n1. The maximum absolute atomic E-state index is 13.5. The van der Waals surface area contributed by atoms with Gasteiger partial charge in [-0.05, 0) is 50.2 Å². The number of benzene rings is 1. The fraction of sp³-hybridized carbons (Fsp3) is 0.455. The lowest BCUT2D eigenvalue weighted by Gasteiger charge is -2.34. The molecule has 10 heteroatoms. The van der Waals surface area contributed by atoms with Crippen molar-refractivity contribution in [2.75, 3.05) is 23.4 Å². The van der Waals surface area contributed by atoms with Crippen molar-refractivity contribution < 1.29 is 9.50 Å². The number of rotatable bonds is 6. The molecule has 4 heterocycles. The van der Waals surface area contributed by atoms with Gasteiger partial charge in [0.2, 0.25) is 11.9 Å². The number of aromatic nitrogens is 6. The van der Waals surface area contributed by atoms with Crippen molar-refractivity contribution in [3.63, 3.8) is 0 Å². The number of aliphatic hydroxyl groups excluding tert-OH is 1. The van der Waals surface area contributed by atoms with Crippen LogP contribution >= 0.6 is 0 Å². The predicted octanol–water partition coefficient (Wildman–Crippen LogP) is 2.98. The van der Waals surface area contributed by atoms with E-state index in [-0.39, 0.29) is 18.5 Å². The molecule has 0 spiro atoms. The Balaban J connectivity index is 1.36. The zero-order valence-electron chi connectivity index (χ0n) is 17.6. The fourth-order valence-electron chi connectivity index (χ4n) is 4.54. The highest BCUT2D eigenvalue weighted by Gasteiger charge is 2.30. The first-order valence-electron chi connectivity index (χ1n) is 11.2. The quantitative estimate of drug-likeness (QED) is 0.427. The molecule has 2 aliphatic rings. The van der Waals surface area contributed by atoms with E-state index in [2.05, 4.69) is 25.3 Å². The molecular weight excluding hydrogens is 411 g/mol. The summed E-state index contributed by atoms with van der Waals surface area (Å²) in [5.41, 5.74) is 3.33. The van der Waals surface area contributed by atoms with Gasteiger partial charge in [0.05, 0.1) is 36.4 Å². The average molecular weight is 436 g/mol. The Morgan fingerprint density at radius 3 is 2.91 bits per heavy atom. The second-order valence-corrected chi connectivity index (χ2v) is 8.68. The molecule has 0 unspecified atom stereocenters. The summed E-state index contributed by atoms with van der Waals surface area (Å²) < 4.78 is 15.3. The first-order chi connectivity index (χ1) is 15.7.